The highest BCUT2D eigenvalue weighted by Crippen LogP contribution is 2.08. The van der Waals surface area contributed by atoms with Crippen LogP contribution in [0.1, 0.15) is 31.9 Å². The molecule has 3 atom stereocenters. The quantitative estimate of drug-likeness (QED) is 0.504. The SMILES string of the molecule is CC(C)[C@H](N)C(=O)N[C@@H](C)C(=O)N[C@@H](Cc1ccccc1)C(=O)OCc1ccccc1. The smallest absolute Gasteiger partial charge is 0.329 e. The summed E-state index contributed by atoms with van der Waals surface area (Å²) in [6.45, 7) is 5.31. The number of rotatable bonds is 10. The van der Waals surface area contributed by atoms with Gasteiger partial charge < -0.3 is 21.1 Å². The van der Waals surface area contributed by atoms with E-state index in [1.54, 1.807) is 6.92 Å². The molecule has 4 N–H and O–H groups in total. The molecule has 2 aromatic carbocycles. The van der Waals surface area contributed by atoms with Gasteiger partial charge in [0.1, 0.15) is 18.7 Å². The van der Waals surface area contributed by atoms with Gasteiger partial charge in [0.2, 0.25) is 11.8 Å². The minimum Gasteiger partial charge on any atom is -0.459 e. The maximum absolute atomic E-state index is 12.8. The van der Waals surface area contributed by atoms with Crippen molar-refractivity contribution >= 4 is 17.8 Å². The van der Waals surface area contributed by atoms with Crippen molar-refractivity contribution in [2.24, 2.45) is 11.7 Å². The van der Waals surface area contributed by atoms with Gasteiger partial charge in [0, 0.05) is 6.42 Å². The van der Waals surface area contributed by atoms with Crippen LogP contribution in [-0.2, 0) is 32.1 Å². The summed E-state index contributed by atoms with van der Waals surface area (Å²) >= 11 is 0. The molecule has 0 saturated carbocycles. The van der Waals surface area contributed by atoms with Gasteiger partial charge in [0.25, 0.3) is 0 Å². The zero-order valence-corrected chi connectivity index (χ0v) is 18.2. The minimum absolute atomic E-state index is 0.0611. The van der Waals surface area contributed by atoms with Gasteiger partial charge in [-0.05, 0) is 24.0 Å². The van der Waals surface area contributed by atoms with Crippen molar-refractivity contribution in [3.63, 3.8) is 0 Å². The molecule has 31 heavy (non-hydrogen) atoms. The molecule has 2 rings (SSSR count). The summed E-state index contributed by atoms with van der Waals surface area (Å²) in [6.07, 6.45) is 0.270. The Morgan fingerprint density at radius 1 is 0.839 bits per heavy atom. The molecule has 0 saturated heterocycles. The van der Waals surface area contributed by atoms with Gasteiger partial charge in [-0.2, -0.15) is 0 Å². The number of amides is 2. The predicted octanol–water partition coefficient (Wildman–Crippen LogP) is 1.95. The van der Waals surface area contributed by atoms with E-state index in [2.05, 4.69) is 10.6 Å². The number of benzene rings is 2. The average molecular weight is 426 g/mol. The fourth-order valence-electron chi connectivity index (χ4n) is 2.85. The van der Waals surface area contributed by atoms with Crippen LogP contribution in [0, 0.1) is 5.92 Å². The first-order valence-electron chi connectivity index (χ1n) is 10.4. The van der Waals surface area contributed by atoms with E-state index < -0.39 is 35.9 Å². The van der Waals surface area contributed by atoms with Crippen LogP contribution in [-0.4, -0.2) is 35.9 Å². The normalized spacial score (nSPS) is 13.7. The van der Waals surface area contributed by atoms with E-state index >= 15 is 0 Å². The first kappa shape index (κ1) is 24.1. The van der Waals surface area contributed by atoms with E-state index in [9.17, 15) is 14.4 Å². The van der Waals surface area contributed by atoms with Gasteiger partial charge >= 0.3 is 5.97 Å². The molecule has 0 aliphatic heterocycles. The van der Waals surface area contributed by atoms with Crippen molar-refractivity contribution < 1.29 is 19.1 Å². The van der Waals surface area contributed by atoms with E-state index in [0.717, 1.165) is 11.1 Å². The van der Waals surface area contributed by atoms with Crippen LogP contribution in [0.5, 0.6) is 0 Å². The van der Waals surface area contributed by atoms with Crippen LogP contribution in [0.4, 0.5) is 0 Å². The Bertz CT molecular complexity index is 856. The van der Waals surface area contributed by atoms with Gasteiger partial charge in [-0.25, -0.2) is 4.79 Å². The Morgan fingerprint density at radius 3 is 1.94 bits per heavy atom. The third-order valence-electron chi connectivity index (χ3n) is 4.88. The molecule has 0 unspecified atom stereocenters. The monoisotopic (exact) mass is 425 g/mol. The molecule has 0 aliphatic rings. The van der Waals surface area contributed by atoms with E-state index in [4.69, 9.17) is 10.5 Å². The highest BCUT2D eigenvalue weighted by Gasteiger charge is 2.27. The van der Waals surface area contributed by atoms with Gasteiger partial charge in [-0.15, -0.1) is 0 Å². The molecule has 0 bridgehead atoms. The number of hydrogen-bond donors (Lipinski definition) is 3. The lowest BCUT2D eigenvalue weighted by Gasteiger charge is -2.22. The van der Waals surface area contributed by atoms with Crippen LogP contribution in [0.2, 0.25) is 0 Å². The number of ether oxygens (including phenoxy) is 1. The van der Waals surface area contributed by atoms with Gasteiger partial charge in [-0.3, -0.25) is 9.59 Å². The van der Waals surface area contributed by atoms with E-state index in [-0.39, 0.29) is 18.9 Å². The molecule has 7 heteroatoms. The van der Waals surface area contributed by atoms with Crippen LogP contribution in [0.3, 0.4) is 0 Å². The summed E-state index contributed by atoms with van der Waals surface area (Å²) in [4.78, 5) is 37.6. The predicted molar refractivity (Wildman–Crippen MR) is 119 cm³/mol. The second kappa shape index (κ2) is 11.9. The third-order valence-corrected chi connectivity index (χ3v) is 4.88. The van der Waals surface area contributed by atoms with Gasteiger partial charge in [0.05, 0.1) is 6.04 Å². The molecule has 0 aliphatic carbocycles. The lowest BCUT2D eigenvalue weighted by atomic mass is 10.0. The topological polar surface area (TPSA) is 111 Å². The summed E-state index contributed by atoms with van der Waals surface area (Å²) in [7, 11) is 0. The second-order valence-corrected chi connectivity index (χ2v) is 7.84. The standard InChI is InChI=1S/C24H31N3O4/c1-16(2)21(25)23(29)26-17(3)22(28)27-20(14-18-10-6-4-7-11-18)24(30)31-15-19-12-8-5-9-13-19/h4-13,16-17,20-21H,14-15,25H2,1-3H3,(H,26,29)(H,27,28)/t17-,20-,21-/m0/s1. The molecule has 7 nitrogen and oxygen atoms in total. The summed E-state index contributed by atoms with van der Waals surface area (Å²) in [6, 6.07) is 16.2. The van der Waals surface area contributed by atoms with Crippen molar-refractivity contribution in [2.75, 3.05) is 0 Å². The largest absolute Gasteiger partial charge is 0.459 e. The lowest BCUT2D eigenvalue weighted by molar-refractivity contribution is -0.149. The molecule has 2 amide bonds. The van der Waals surface area contributed by atoms with Crippen LogP contribution >= 0.6 is 0 Å². The molecular weight excluding hydrogens is 394 g/mol. The molecule has 0 radical (unpaired) electrons. The van der Waals surface area contributed by atoms with Crippen molar-refractivity contribution in [3.05, 3.63) is 71.8 Å². The first-order valence-corrected chi connectivity index (χ1v) is 10.4. The fourth-order valence-corrected chi connectivity index (χ4v) is 2.85. The highest BCUT2D eigenvalue weighted by molar-refractivity contribution is 5.91. The van der Waals surface area contributed by atoms with Crippen molar-refractivity contribution in [1.29, 1.82) is 0 Å². The van der Waals surface area contributed by atoms with E-state index in [1.807, 2.05) is 74.5 Å². The Morgan fingerprint density at radius 2 is 1.39 bits per heavy atom. The lowest BCUT2D eigenvalue weighted by Crippen LogP contribution is -2.54. The number of hydrogen-bond acceptors (Lipinski definition) is 5. The number of nitrogens with one attached hydrogen (secondary N) is 2. The number of carbonyl (C=O) groups is 3. The summed E-state index contributed by atoms with van der Waals surface area (Å²) in [5.74, 6) is -1.50. The molecule has 0 aromatic heterocycles. The summed E-state index contributed by atoms with van der Waals surface area (Å²) in [5, 5.41) is 5.30. The first-order chi connectivity index (χ1) is 14.8. The fraction of sp³-hybridized carbons (Fsp3) is 0.375. The Balaban J connectivity index is 2.04. The van der Waals surface area contributed by atoms with Gasteiger partial charge in [-0.1, -0.05) is 74.5 Å². The average Bonchev–Trinajstić information content (AvgIpc) is 2.77. The summed E-state index contributed by atoms with van der Waals surface area (Å²) < 4.78 is 5.43. The third kappa shape index (κ3) is 7.86. The van der Waals surface area contributed by atoms with Crippen molar-refractivity contribution in [3.8, 4) is 0 Å². The highest BCUT2D eigenvalue weighted by atomic mass is 16.5. The summed E-state index contributed by atoms with van der Waals surface area (Å²) in [5.41, 5.74) is 7.57. The Labute approximate surface area is 183 Å². The zero-order valence-electron chi connectivity index (χ0n) is 18.2. The Kier molecular flexibility index (Phi) is 9.21. The van der Waals surface area contributed by atoms with E-state index in [1.165, 1.54) is 0 Å². The van der Waals surface area contributed by atoms with Crippen LogP contribution in [0.15, 0.2) is 60.7 Å². The molecule has 0 spiro atoms. The van der Waals surface area contributed by atoms with E-state index in [0.29, 0.717) is 0 Å². The maximum atomic E-state index is 12.8. The number of esters is 1. The number of nitrogens with two attached hydrogens (primary N) is 1. The molecule has 0 heterocycles. The molecule has 0 fully saturated rings. The minimum atomic E-state index is -0.892. The Hall–Kier alpha value is -3.19. The second-order valence-electron chi connectivity index (χ2n) is 7.84. The van der Waals surface area contributed by atoms with Crippen LogP contribution in [0.25, 0.3) is 0 Å². The molecule has 166 valence electrons. The zero-order chi connectivity index (χ0) is 22.8. The van der Waals surface area contributed by atoms with Gasteiger partial charge in [0.15, 0.2) is 0 Å². The molecule has 2 aromatic rings. The molecular formula is C24H31N3O4. The maximum Gasteiger partial charge on any atom is 0.329 e. The van der Waals surface area contributed by atoms with Crippen molar-refractivity contribution in [2.45, 2.75) is 51.9 Å². The van der Waals surface area contributed by atoms with Crippen LogP contribution < -0.4 is 16.4 Å². The number of carbonyl (C=O) groups excluding carboxylic acids is 3. The van der Waals surface area contributed by atoms with Crippen molar-refractivity contribution in [1.82, 2.24) is 10.6 Å².